The lowest BCUT2D eigenvalue weighted by Crippen LogP contribution is -2.30. The maximum Gasteiger partial charge on any atom is 0.306 e. The minimum absolute atomic E-state index is 0.0911. The zero-order chi connectivity index (χ0) is 57.1. The molecule has 0 rings (SSSR count). The zero-order valence-electron chi connectivity index (χ0n) is 51.9. The molecule has 0 aromatic heterocycles. The molecule has 0 N–H and O–H groups in total. The van der Waals surface area contributed by atoms with Crippen molar-refractivity contribution in [3.63, 3.8) is 0 Å². The van der Waals surface area contributed by atoms with Gasteiger partial charge >= 0.3 is 17.9 Å². The minimum Gasteiger partial charge on any atom is -0.462 e. The van der Waals surface area contributed by atoms with Crippen molar-refractivity contribution in [1.82, 2.24) is 0 Å². The molecule has 0 aliphatic carbocycles. The van der Waals surface area contributed by atoms with E-state index in [0.29, 0.717) is 19.3 Å². The van der Waals surface area contributed by atoms with E-state index >= 15 is 0 Å². The second kappa shape index (κ2) is 66.6. The largest absolute Gasteiger partial charge is 0.462 e. The maximum atomic E-state index is 12.9. The van der Waals surface area contributed by atoms with Gasteiger partial charge in [-0.2, -0.15) is 0 Å². The number of hydrogen-bond donors (Lipinski definition) is 0. The van der Waals surface area contributed by atoms with Gasteiger partial charge in [0.15, 0.2) is 6.10 Å². The first-order valence-electron chi connectivity index (χ1n) is 33.4. The lowest BCUT2D eigenvalue weighted by atomic mass is 10.0. The van der Waals surface area contributed by atoms with E-state index in [0.717, 1.165) is 128 Å². The van der Waals surface area contributed by atoms with E-state index in [1.165, 1.54) is 148 Å². The fourth-order valence-corrected chi connectivity index (χ4v) is 9.30. The Morgan fingerprint density at radius 1 is 0.266 bits per heavy atom. The number of carbonyl (C=O) groups is 3. The summed E-state index contributed by atoms with van der Waals surface area (Å²) < 4.78 is 16.9. The third kappa shape index (κ3) is 64.8. The number of hydrogen-bond acceptors (Lipinski definition) is 6. The van der Waals surface area contributed by atoms with Gasteiger partial charge in [0, 0.05) is 19.3 Å². The van der Waals surface area contributed by atoms with Gasteiger partial charge in [-0.1, -0.05) is 284 Å². The normalized spacial score (nSPS) is 12.8. The van der Waals surface area contributed by atoms with Gasteiger partial charge in [0.05, 0.1) is 0 Å². The molecule has 1 atom stereocenters. The highest BCUT2D eigenvalue weighted by molar-refractivity contribution is 5.71. The molecular formula is C73H124O6. The Hall–Kier alpha value is -3.93. The van der Waals surface area contributed by atoms with Crippen LogP contribution in [0.3, 0.4) is 0 Å². The summed E-state index contributed by atoms with van der Waals surface area (Å²) in [5.41, 5.74) is 0. The summed E-state index contributed by atoms with van der Waals surface area (Å²) in [5.74, 6) is -0.916. The first-order valence-corrected chi connectivity index (χ1v) is 33.4. The van der Waals surface area contributed by atoms with Crippen molar-refractivity contribution in [3.8, 4) is 0 Å². The van der Waals surface area contributed by atoms with E-state index in [1.54, 1.807) is 0 Å². The first kappa shape index (κ1) is 75.1. The van der Waals surface area contributed by atoms with Crippen LogP contribution in [0.25, 0.3) is 0 Å². The van der Waals surface area contributed by atoms with E-state index in [2.05, 4.69) is 130 Å². The molecule has 0 saturated carbocycles. The third-order valence-electron chi connectivity index (χ3n) is 14.2. The molecule has 0 bridgehead atoms. The topological polar surface area (TPSA) is 78.9 Å². The second-order valence-electron chi connectivity index (χ2n) is 22.0. The van der Waals surface area contributed by atoms with Crippen LogP contribution in [-0.2, 0) is 28.6 Å². The van der Waals surface area contributed by atoms with Gasteiger partial charge in [-0.15, -0.1) is 0 Å². The summed E-state index contributed by atoms with van der Waals surface area (Å²) >= 11 is 0. The van der Waals surface area contributed by atoms with Crippen LogP contribution in [0.2, 0.25) is 0 Å². The van der Waals surface area contributed by atoms with Gasteiger partial charge in [0.25, 0.3) is 0 Å². The number of unbranched alkanes of at least 4 members (excludes halogenated alkanes) is 31. The van der Waals surface area contributed by atoms with Crippen molar-refractivity contribution in [2.45, 2.75) is 322 Å². The monoisotopic (exact) mass is 1100 g/mol. The molecule has 1 unspecified atom stereocenters. The Morgan fingerprint density at radius 3 is 0.772 bits per heavy atom. The molecule has 0 heterocycles. The zero-order valence-corrected chi connectivity index (χ0v) is 51.9. The molecule has 0 radical (unpaired) electrons. The van der Waals surface area contributed by atoms with Crippen molar-refractivity contribution in [1.29, 1.82) is 0 Å². The molecule has 0 aromatic rings. The van der Waals surface area contributed by atoms with E-state index in [9.17, 15) is 14.4 Å². The predicted octanol–water partition coefficient (Wildman–Crippen LogP) is 23.0. The molecule has 452 valence electrons. The summed E-state index contributed by atoms with van der Waals surface area (Å²) in [6, 6.07) is 0. The average Bonchev–Trinajstić information content (AvgIpc) is 3.45. The molecule has 79 heavy (non-hydrogen) atoms. The molecule has 0 amide bonds. The molecular weight excluding hydrogens is 973 g/mol. The fourth-order valence-electron chi connectivity index (χ4n) is 9.30. The smallest absolute Gasteiger partial charge is 0.306 e. The summed E-state index contributed by atoms with van der Waals surface area (Å²) in [4.78, 5) is 38.4. The summed E-state index contributed by atoms with van der Waals surface area (Å²) in [6.07, 6.45) is 91.0. The Kier molecular flexibility index (Phi) is 63.3. The number of rotatable bonds is 60. The summed E-state index contributed by atoms with van der Waals surface area (Å²) in [7, 11) is 0. The van der Waals surface area contributed by atoms with Gasteiger partial charge in [0.1, 0.15) is 13.2 Å². The Bertz CT molecular complexity index is 1590. The summed E-state index contributed by atoms with van der Waals surface area (Å²) in [5, 5.41) is 0. The standard InChI is InChI=1S/C73H124O6/c1-4-7-10-13-16-19-22-25-28-31-32-33-34-35-36-37-38-39-40-43-45-48-51-54-57-60-63-66-72(75)78-69-70(79-73(76)67-64-61-58-55-52-49-46-42-30-27-24-21-18-15-12-9-6-3)68-77-71(74)65-62-59-56-53-50-47-44-41-29-26-23-20-17-14-11-8-5-2/h8-9,11-12,17-18,20-22,25-27,29-32,46,49,70H,4-7,10,13-16,19,23-24,28,33-45,47-48,50-69H2,1-3H3/b11-8-,12-9-,20-17-,21-18-,25-22-,29-26-,30-27-,32-31-,49-46-. The number of allylic oxidation sites excluding steroid dienone is 18. The number of carbonyl (C=O) groups excluding carboxylic acids is 3. The van der Waals surface area contributed by atoms with Crippen molar-refractivity contribution >= 4 is 17.9 Å². The van der Waals surface area contributed by atoms with Crippen LogP contribution in [0.15, 0.2) is 109 Å². The van der Waals surface area contributed by atoms with Gasteiger partial charge in [-0.25, -0.2) is 0 Å². The molecule has 0 spiro atoms. The Labute approximate surface area is 489 Å². The van der Waals surface area contributed by atoms with Crippen LogP contribution in [0.1, 0.15) is 316 Å². The van der Waals surface area contributed by atoms with Crippen LogP contribution >= 0.6 is 0 Å². The predicted molar refractivity (Wildman–Crippen MR) is 343 cm³/mol. The van der Waals surface area contributed by atoms with Gasteiger partial charge in [-0.05, 0) is 122 Å². The maximum absolute atomic E-state index is 12.9. The number of esters is 3. The van der Waals surface area contributed by atoms with E-state index in [-0.39, 0.29) is 31.1 Å². The van der Waals surface area contributed by atoms with E-state index in [4.69, 9.17) is 14.2 Å². The minimum atomic E-state index is -0.798. The van der Waals surface area contributed by atoms with Crippen molar-refractivity contribution in [2.75, 3.05) is 13.2 Å². The van der Waals surface area contributed by atoms with Crippen LogP contribution in [0.4, 0.5) is 0 Å². The second-order valence-corrected chi connectivity index (χ2v) is 22.0. The van der Waals surface area contributed by atoms with Crippen LogP contribution in [-0.4, -0.2) is 37.2 Å². The van der Waals surface area contributed by atoms with E-state index < -0.39 is 6.10 Å². The van der Waals surface area contributed by atoms with Crippen LogP contribution in [0.5, 0.6) is 0 Å². The van der Waals surface area contributed by atoms with Crippen LogP contribution < -0.4 is 0 Å². The van der Waals surface area contributed by atoms with Crippen molar-refractivity contribution < 1.29 is 28.6 Å². The average molecular weight is 1100 g/mol. The third-order valence-corrected chi connectivity index (χ3v) is 14.2. The fraction of sp³-hybridized carbons (Fsp3) is 0.712. The molecule has 0 saturated heterocycles. The Balaban J connectivity index is 4.34. The molecule has 0 aliphatic rings. The van der Waals surface area contributed by atoms with Crippen LogP contribution in [0, 0.1) is 0 Å². The molecule has 0 fully saturated rings. The SMILES string of the molecule is CC/C=C\C/C=C\C/C=C\C/C=C\CCCCCCC(=O)OC(COC(=O)CCCCCCCCC/C=C\C/C=C\C/C=C\CC)COC(=O)CCCCCCCCCCCCCCCCC/C=C\C/C=C\CCCCCCC. The Morgan fingerprint density at radius 2 is 0.494 bits per heavy atom. The highest BCUT2D eigenvalue weighted by atomic mass is 16.6. The number of ether oxygens (including phenoxy) is 3. The first-order chi connectivity index (χ1) is 39.0. The molecule has 6 nitrogen and oxygen atoms in total. The van der Waals surface area contributed by atoms with Gasteiger partial charge in [0.2, 0.25) is 0 Å². The van der Waals surface area contributed by atoms with Gasteiger partial charge < -0.3 is 14.2 Å². The molecule has 0 aromatic carbocycles. The summed E-state index contributed by atoms with van der Waals surface area (Å²) in [6.45, 7) is 6.41. The van der Waals surface area contributed by atoms with Gasteiger partial charge in [-0.3, -0.25) is 14.4 Å². The van der Waals surface area contributed by atoms with Crippen molar-refractivity contribution in [3.05, 3.63) is 109 Å². The molecule has 6 heteroatoms. The highest BCUT2D eigenvalue weighted by Gasteiger charge is 2.19. The lowest BCUT2D eigenvalue weighted by molar-refractivity contribution is -0.167. The quantitative estimate of drug-likeness (QED) is 0.0261. The highest BCUT2D eigenvalue weighted by Crippen LogP contribution is 2.16. The lowest BCUT2D eigenvalue weighted by Gasteiger charge is -2.18. The molecule has 0 aliphatic heterocycles. The van der Waals surface area contributed by atoms with Crippen molar-refractivity contribution in [2.24, 2.45) is 0 Å². The van der Waals surface area contributed by atoms with E-state index in [1.807, 2.05) is 0 Å².